The van der Waals surface area contributed by atoms with Gasteiger partial charge >= 0.3 is 0 Å². The summed E-state index contributed by atoms with van der Waals surface area (Å²) in [6, 6.07) is 0.310. The fourth-order valence-corrected chi connectivity index (χ4v) is 4.72. The SMILES string of the molecule is CCC1CCCC(n2nc(C)c(S(=O)(=O)Cl)c2C)C1. The third-order valence-corrected chi connectivity index (χ3v) is 5.72. The van der Waals surface area contributed by atoms with Crippen LogP contribution in [0.15, 0.2) is 4.90 Å². The van der Waals surface area contributed by atoms with Crippen LogP contribution in [0.2, 0.25) is 0 Å². The highest BCUT2D eigenvalue weighted by atomic mass is 35.7. The molecule has 6 heteroatoms. The maximum absolute atomic E-state index is 11.6. The van der Waals surface area contributed by atoms with Crippen molar-refractivity contribution in [3.63, 3.8) is 0 Å². The van der Waals surface area contributed by atoms with Crippen LogP contribution in [0.4, 0.5) is 0 Å². The van der Waals surface area contributed by atoms with E-state index >= 15 is 0 Å². The van der Waals surface area contributed by atoms with Gasteiger partial charge in [0.2, 0.25) is 0 Å². The summed E-state index contributed by atoms with van der Waals surface area (Å²) in [7, 11) is 1.78. The van der Waals surface area contributed by atoms with E-state index in [1.807, 2.05) is 4.68 Å². The average molecular weight is 305 g/mol. The molecule has 0 aromatic carbocycles. The highest BCUT2D eigenvalue weighted by Gasteiger charge is 2.28. The van der Waals surface area contributed by atoms with Gasteiger partial charge in [0.1, 0.15) is 4.90 Å². The van der Waals surface area contributed by atoms with Crippen molar-refractivity contribution in [3.05, 3.63) is 11.4 Å². The van der Waals surface area contributed by atoms with Crippen molar-refractivity contribution in [2.45, 2.75) is 63.8 Å². The zero-order valence-electron chi connectivity index (χ0n) is 11.7. The van der Waals surface area contributed by atoms with Crippen LogP contribution in [0.5, 0.6) is 0 Å². The highest BCUT2D eigenvalue weighted by molar-refractivity contribution is 8.13. The predicted octanol–water partition coefficient (Wildman–Crippen LogP) is 3.57. The lowest BCUT2D eigenvalue weighted by Crippen LogP contribution is -2.21. The first-order chi connectivity index (χ1) is 8.84. The molecule has 1 heterocycles. The summed E-state index contributed by atoms with van der Waals surface area (Å²) in [5.74, 6) is 0.721. The second-order valence-electron chi connectivity index (χ2n) is 5.48. The Kier molecular flexibility index (Phi) is 4.26. The molecule has 4 nitrogen and oxygen atoms in total. The lowest BCUT2D eigenvalue weighted by molar-refractivity contribution is 0.244. The van der Waals surface area contributed by atoms with Crippen LogP contribution < -0.4 is 0 Å². The van der Waals surface area contributed by atoms with Crippen LogP contribution in [-0.2, 0) is 9.05 Å². The highest BCUT2D eigenvalue weighted by Crippen LogP contribution is 2.36. The lowest BCUT2D eigenvalue weighted by Gasteiger charge is -2.29. The summed E-state index contributed by atoms with van der Waals surface area (Å²) in [4.78, 5) is 0.188. The molecule has 0 N–H and O–H groups in total. The third-order valence-electron chi connectivity index (χ3n) is 4.18. The van der Waals surface area contributed by atoms with Gasteiger partial charge in [0.25, 0.3) is 9.05 Å². The molecule has 1 aromatic heterocycles. The second-order valence-corrected chi connectivity index (χ2v) is 7.98. The molecule has 2 unspecified atom stereocenters. The van der Waals surface area contributed by atoms with Crippen molar-refractivity contribution < 1.29 is 8.42 Å². The van der Waals surface area contributed by atoms with Gasteiger partial charge in [0.05, 0.1) is 17.4 Å². The molecule has 0 spiro atoms. The number of aryl methyl sites for hydroxylation is 1. The first-order valence-electron chi connectivity index (χ1n) is 6.85. The van der Waals surface area contributed by atoms with E-state index in [1.165, 1.54) is 19.3 Å². The number of rotatable bonds is 3. The van der Waals surface area contributed by atoms with Gasteiger partial charge in [-0.05, 0) is 32.6 Å². The van der Waals surface area contributed by atoms with E-state index in [0.717, 1.165) is 18.8 Å². The molecule has 1 fully saturated rings. The van der Waals surface area contributed by atoms with Gasteiger partial charge in [-0.2, -0.15) is 5.10 Å². The molecular formula is C13H21ClN2O2S. The van der Waals surface area contributed by atoms with Crippen molar-refractivity contribution in [2.75, 3.05) is 0 Å². The molecule has 2 rings (SSSR count). The normalized spacial score (nSPS) is 24.6. The van der Waals surface area contributed by atoms with Crippen LogP contribution >= 0.6 is 10.7 Å². The molecule has 0 saturated heterocycles. The van der Waals surface area contributed by atoms with E-state index in [9.17, 15) is 8.42 Å². The minimum Gasteiger partial charge on any atom is -0.265 e. The van der Waals surface area contributed by atoms with Crippen molar-refractivity contribution >= 4 is 19.7 Å². The molecule has 0 radical (unpaired) electrons. The second kappa shape index (κ2) is 5.44. The monoisotopic (exact) mass is 304 g/mol. The molecule has 0 aliphatic heterocycles. The Balaban J connectivity index is 2.36. The number of hydrogen-bond acceptors (Lipinski definition) is 3. The smallest absolute Gasteiger partial charge is 0.264 e. The van der Waals surface area contributed by atoms with Crippen LogP contribution in [0.1, 0.15) is 56.5 Å². The quantitative estimate of drug-likeness (QED) is 0.802. The Hall–Kier alpha value is -0.550. The first kappa shape index (κ1) is 14.9. The Labute approximate surface area is 119 Å². The number of halogens is 1. The summed E-state index contributed by atoms with van der Waals surface area (Å²) < 4.78 is 25.1. The van der Waals surface area contributed by atoms with E-state index in [4.69, 9.17) is 10.7 Å². The minimum absolute atomic E-state index is 0.188. The Bertz CT molecular complexity index is 565. The van der Waals surface area contributed by atoms with Gasteiger partial charge in [0, 0.05) is 10.7 Å². The molecule has 1 saturated carbocycles. The number of hydrogen-bond donors (Lipinski definition) is 0. The Morgan fingerprint density at radius 1 is 1.37 bits per heavy atom. The van der Waals surface area contributed by atoms with Gasteiger partial charge in [-0.15, -0.1) is 0 Å². The van der Waals surface area contributed by atoms with Gasteiger partial charge in [-0.3, -0.25) is 4.68 Å². The molecular weight excluding hydrogens is 284 g/mol. The van der Waals surface area contributed by atoms with E-state index in [2.05, 4.69) is 12.0 Å². The molecule has 1 aliphatic carbocycles. The number of aromatic nitrogens is 2. The molecule has 1 aliphatic rings. The number of nitrogens with zero attached hydrogens (tertiary/aromatic N) is 2. The largest absolute Gasteiger partial charge is 0.265 e. The van der Waals surface area contributed by atoms with Crippen LogP contribution in [-0.4, -0.2) is 18.2 Å². The Morgan fingerprint density at radius 2 is 2.05 bits per heavy atom. The zero-order chi connectivity index (χ0) is 14.2. The topological polar surface area (TPSA) is 52.0 Å². The van der Waals surface area contributed by atoms with Crippen LogP contribution in [0.3, 0.4) is 0 Å². The van der Waals surface area contributed by atoms with Gasteiger partial charge in [-0.1, -0.05) is 26.2 Å². The molecule has 2 atom stereocenters. The minimum atomic E-state index is -3.71. The summed E-state index contributed by atoms with van der Waals surface area (Å²) in [6.45, 7) is 5.71. The van der Waals surface area contributed by atoms with E-state index in [1.54, 1.807) is 13.8 Å². The van der Waals surface area contributed by atoms with Gasteiger partial charge in [0.15, 0.2) is 0 Å². The van der Waals surface area contributed by atoms with Crippen molar-refractivity contribution in [3.8, 4) is 0 Å². The summed E-state index contributed by atoms with van der Waals surface area (Å²) in [5, 5.41) is 4.42. The van der Waals surface area contributed by atoms with E-state index in [-0.39, 0.29) is 4.90 Å². The summed E-state index contributed by atoms with van der Waals surface area (Å²) in [6.07, 6.45) is 5.79. The zero-order valence-corrected chi connectivity index (χ0v) is 13.3. The molecule has 108 valence electrons. The standard InChI is InChI=1S/C13H21ClN2O2S/c1-4-11-6-5-7-12(8-11)16-10(3)13(9(2)15-16)19(14,17)18/h11-12H,4-8H2,1-3H3. The lowest BCUT2D eigenvalue weighted by atomic mass is 9.84. The van der Waals surface area contributed by atoms with Crippen LogP contribution in [0.25, 0.3) is 0 Å². The fraction of sp³-hybridized carbons (Fsp3) is 0.769. The summed E-state index contributed by atoms with van der Waals surface area (Å²) in [5.41, 5.74) is 1.18. The molecule has 19 heavy (non-hydrogen) atoms. The molecule has 0 amide bonds. The maximum atomic E-state index is 11.6. The van der Waals surface area contributed by atoms with Crippen molar-refractivity contribution in [2.24, 2.45) is 5.92 Å². The van der Waals surface area contributed by atoms with Gasteiger partial charge < -0.3 is 0 Å². The Morgan fingerprint density at radius 3 is 2.58 bits per heavy atom. The predicted molar refractivity (Wildman–Crippen MR) is 76.0 cm³/mol. The average Bonchev–Trinajstić information content (AvgIpc) is 2.64. The van der Waals surface area contributed by atoms with Gasteiger partial charge in [-0.25, -0.2) is 8.42 Å². The van der Waals surface area contributed by atoms with Crippen molar-refractivity contribution in [1.29, 1.82) is 0 Å². The molecule has 1 aromatic rings. The van der Waals surface area contributed by atoms with E-state index in [0.29, 0.717) is 17.4 Å². The van der Waals surface area contributed by atoms with Crippen molar-refractivity contribution in [1.82, 2.24) is 9.78 Å². The first-order valence-corrected chi connectivity index (χ1v) is 9.15. The third kappa shape index (κ3) is 2.97. The van der Waals surface area contributed by atoms with Crippen LogP contribution in [0, 0.1) is 19.8 Å². The summed E-state index contributed by atoms with van der Waals surface area (Å²) >= 11 is 0. The fourth-order valence-electron chi connectivity index (χ4n) is 3.21. The van der Waals surface area contributed by atoms with E-state index < -0.39 is 9.05 Å². The molecule has 0 bridgehead atoms. The maximum Gasteiger partial charge on any atom is 0.264 e.